The molecular weight excluding hydrogens is 288 g/mol. The number of imidazole rings is 1. The molecule has 1 atom stereocenters. The summed E-state index contributed by atoms with van der Waals surface area (Å²) in [5.74, 6) is 0.344. The van der Waals surface area contributed by atoms with E-state index in [4.69, 9.17) is 11.6 Å². The molecule has 1 aromatic carbocycles. The molecular formula is C12H13ClN2O3S. The van der Waals surface area contributed by atoms with Crippen LogP contribution < -0.4 is 5.69 Å². The van der Waals surface area contributed by atoms with Gasteiger partial charge in [0.15, 0.2) is 9.84 Å². The lowest BCUT2D eigenvalue weighted by molar-refractivity contribution is 0.490. The van der Waals surface area contributed by atoms with Crippen molar-refractivity contribution in [1.82, 2.24) is 9.55 Å². The fourth-order valence-electron chi connectivity index (χ4n) is 2.62. The molecule has 1 aliphatic rings. The first-order valence-electron chi connectivity index (χ1n) is 6.04. The quantitative estimate of drug-likeness (QED) is 0.911. The Bertz CT molecular complexity index is 791. The Labute approximate surface area is 115 Å². The van der Waals surface area contributed by atoms with Crippen LogP contribution in [0, 0.1) is 5.92 Å². The highest BCUT2D eigenvalue weighted by molar-refractivity contribution is 7.91. The zero-order chi connectivity index (χ0) is 13.6. The predicted molar refractivity (Wildman–Crippen MR) is 74.3 cm³/mol. The average molecular weight is 301 g/mol. The van der Waals surface area contributed by atoms with E-state index in [-0.39, 0.29) is 23.1 Å². The normalized spacial score (nSPS) is 22.1. The Hall–Kier alpha value is -1.27. The van der Waals surface area contributed by atoms with E-state index in [9.17, 15) is 13.2 Å². The molecule has 2 aromatic rings. The van der Waals surface area contributed by atoms with E-state index in [1.165, 1.54) is 0 Å². The van der Waals surface area contributed by atoms with Crippen LogP contribution in [0.25, 0.3) is 11.0 Å². The molecule has 1 unspecified atom stereocenters. The number of fused-ring (bicyclic) bond motifs is 1. The van der Waals surface area contributed by atoms with Gasteiger partial charge in [-0.25, -0.2) is 13.2 Å². The first-order valence-corrected chi connectivity index (χ1v) is 8.24. The number of hydrogen-bond acceptors (Lipinski definition) is 3. The predicted octanol–water partition coefficient (Wildman–Crippen LogP) is 1.42. The summed E-state index contributed by atoms with van der Waals surface area (Å²) in [6, 6.07) is 5.27. The van der Waals surface area contributed by atoms with E-state index in [1.54, 1.807) is 22.8 Å². The molecule has 1 N–H and O–H groups in total. The highest BCUT2D eigenvalue weighted by Gasteiger charge is 2.29. The van der Waals surface area contributed by atoms with Crippen LogP contribution >= 0.6 is 11.6 Å². The number of aromatic amines is 1. The van der Waals surface area contributed by atoms with E-state index in [1.807, 2.05) is 0 Å². The smallest absolute Gasteiger partial charge is 0.305 e. The van der Waals surface area contributed by atoms with Crippen LogP contribution in [0.5, 0.6) is 0 Å². The molecule has 1 aromatic heterocycles. The zero-order valence-corrected chi connectivity index (χ0v) is 11.7. The fourth-order valence-corrected chi connectivity index (χ4v) is 4.75. The molecule has 19 heavy (non-hydrogen) atoms. The number of nitrogens with zero attached hydrogens (tertiary/aromatic N) is 1. The van der Waals surface area contributed by atoms with Gasteiger partial charge in [-0.15, -0.1) is 0 Å². The molecule has 0 amide bonds. The van der Waals surface area contributed by atoms with Gasteiger partial charge in [-0.2, -0.15) is 0 Å². The van der Waals surface area contributed by atoms with E-state index in [2.05, 4.69) is 4.98 Å². The second kappa shape index (κ2) is 4.38. The van der Waals surface area contributed by atoms with Gasteiger partial charge in [0.1, 0.15) is 0 Å². The maximum Gasteiger partial charge on any atom is 0.326 e. The molecule has 0 bridgehead atoms. The van der Waals surface area contributed by atoms with Crippen molar-refractivity contribution in [3.8, 4) is 0 Å². The Balaban J connectivity index is 2.02. The molecule has 5 nitrogen and oxygen atoms in total. The van der Waals surface area contributed by atoms with Crippen molar-refractivity contribution in [1.29, 1.82) is 0 Å². The maximum atomic E-state index is 11.9. The first kappa shape index (κ1) is 12.7. The molecule has 1 fully saturated rings. The van der Waals surface area contributed by atoms with Crippen molar-refractivity contribution >= 4 is 32.5 Å². The number of halogens is 1. The van der Waals surface area contributed by atoms with Gasteiger partial charge >= 0.3 is 5.69 Å². The van der Waals surface area contributed by atoms with E-state index in [0.717, 1.165) is 0 Å². The first-order chi connectivity index (χ1) is 8.96. The van der Waals surface area contributed by atoms with E-state index < -0.39 is 9.84 Å². The third-order valence-electron chi connectivity index (χ3n) is 3.51. The van der Waals surface area contributed by atoms with Crippen LogP contribution in [0.3, 0.4) is 0 Å². The van der Waals surface area contributed by atoms with Crippen molar-refractivity contribution in [2.45, 2.75) is 13.0 Å². The van der Waals surface area contributed by atoms with Crippen molar-refractivity contribution in [2.24, 2.45) is 5.92 Å². The molecule has 102 valence electrons. The van der Waals surface area contributed by atoms with Gasteiger partial charge in [0.25, 0.3) is 0 Å². The van der Waals surface area contributed by atoms with Gasteiger partial charge < -0.3 is 4.98 Å². The molecule has 1 aliphatic heterocycles. The van der Waals surface area contributed by atoms with Gasteiger partial charge in [0.2, 0.25) is 0 Å². The minimum absolute atomic E-state index is 0.0158. The number of nitrogens with one attached hydrogen (secondary N) is 1. The molecule has 7 heteroatoms. The Morgan fingerprint density at radius 1 is 1.42 bits per heavy atom. The molecule has 0 spiro atoms. The number of para-hydroxylation sites is 1. The van der Waals surface area contributed by atoms with Crippen molar-refractivity contribution in [2.75, 3.05) is 11.5 Å². The van der Waals surface area contributed by atoms with Crippen molar-refractivity contribution < 1.29 is 8.42 Å². The number of H-pyrrole nitrogens is 1. The highest BCUT2D eigenvalue weighted by atomic mass is 35.5. The molecule has 3 rings (SSSR count). The summed E-state index contributed by atoms with van der Waals surface area (Å²) in [5, 5.41) is 0.497. The second-order valence-electron chi connectivity index (χ2n) is 4.95. The number of hydrogen-bond donors (Lipinski definition) is 1. The van der Waals surface area contributed by atoms with Crippen LogP contribution in [0.2, 0.25) is 5.02 Å². The van der Waals surface area contributed by atoms with Crippen LogP contribution in [0.1, 0.15) is 6.42 Å². The minimum Gasteiger partial charge on any atom is -0.305 e. The summed E-state index contributed by atoms with van der Waals surface area (Å²) >= 11 is 6.12. The van der Waals surface area contributed by atoms with Crippen LogP contribution in [-0.4, -0.2) is 29.5 Å². The molecule has 0 aliphatic carbocycles. The Morgan fingerprint density at radius 2 is 2.21 bits per heavy atom. The lowest BCUT2D eigenvalue weighted by Gasteiger charge is -2.09. The van der Waals surface area contributed by atoms with Gasteiger partial charge in [-0.1, -0.05) is 17.7 Å². The number of aromatic nitrogens is 2. The van der Waals surface area contributed by atoms with Gasteiger partial charge in [0, 0.05) is 6.54 Å². The molecule has 0 radical (unpaired) electrons. The van der Waals surface area contributed by atoms with Gasteiger partial charge in [0.05, 0.1) is 27.6 Å². The standard InChI is InChI=1S/C12H13ClN2O3S/c13-9-2-1-3-10-11(9)15(12(16)14-10)6-8-4-5-19(17,18)7-8/h1-3,8H,4-7H2,(H,14,16). The largest absolute Gasteiger partial charge is 0.326 e. The summed E-state index contributed by atoms with van der Waals surface area (Å²) in [6.45, 7) is 0.391. The molecule has 2 heterocycles. The van der Waals surface area contributed by atoms with Crippen LogP contribution in [0.15, 0.2) is 23.0 Å². The lowest BCUT2D eigenvalue weighted by atomic mass is 10.1. The third-order valence-corrected chi connectivity index (χ3v) is 5.65. The number of rotatable bonds is 2. The van der Waals surface area contributed by atoms with Crippen LogP contribution in [0.4, 0.5) is 0 Å². The molecule has 0 saturated carbocycles. The van der Waals surface area contributed by atoms with E-state index in [0.29, 0.717) is 29.0 Å². The van der Waals surface area contributed by atoms with E-state index >= 15 is 0 Å². The SMILES string of the molecule is O=c1[nH]c2cccc(Cl)c2n1CC1CCS(=O)(=O)C1. The van der Waals surface area contributed by atoms with Gasteiger partial charge in [-0.3, -0.25) is 4.57 Å². The average Bonchev–Trinajstić information content (AvgIpc) is 2.81. The van der Waals surface area contributed by atoms with Crippen molar-refractivity contribution in [3.05, 3.63) is 33.7 Å². The third kappa shape index (κ3) is 2.30. The summed E-state index contributed by atoms with van der Waals surface area (Å²) < 4.78 is 24.5. The highest BCUT2D eigenvalue weighted by Crippen LogP contribution is 2.24. The summed E-state index contributed by atoms with van der Waals surface area (Å²) in [5.41, 5.74) is 1.09. The van der Waals surface area contributed by atoms with Crippen LogP contribution in [-0.2, 0) is 16.4 Å². The number of sulfone groups is 1. The topological polar surface area (TPSA) is 71.9 Å². The van der Waals surface area contributed by atoms with Crippen molar-refractivity contribution in [3.63, 3.8) is 0 Å². The second-order valence-corrected chi connectivity index (χ2v) is 7.58. The monoisotopic (exact) mass is 300 g/mol. The minimum atomic E-state index is -2.93. The Morgan fingerprint density at radius 3 is 2.89 bits per heavy atom. The lowest BCUT2D eigenvalue weighted by Crippen LogP contribution is -2.22. The summed E-state index contributed by atoms with van der Waals surface area (Å²) in [7, 11) is -2.93. The fraction of sp³-hybridized carbons (Fsp3) is 0.417. The number of benzene rings is 1. The molecule has 1 saturated heterocycles. The zero-order valence-electron chi connectivity index (χ0n) is 10.1. The summed E-state index contributed by atoms with van der Waals surface area (Å²) in [4.78, 5) is 14.7. The summed E-state index contributed by atoms with van der Waals surface area (Å²) in [6.07, 6.45) is 0.603. The Kier molecular flexibility index (Phi) is 2.94. The van der Waals surface area contributed by atoms with Gasteiger partial charge in [-0.05, 0) is 24.5 Å². The maximum absolute atomic E-state index is 11.9.